The summed E-state index contributed by atoms with van der Waals surface area (Å²) in [6.07, 6.45) is 7.45. The Hall–Kier alpha value is -1.14. The van der Waals surface area contributed by atoms with Gasteiger partial charge in [-0.05, 0) is 59.0 Å². The van der Waals surface area contributed by atoms with Crippen molar-refractivity contribution in [1.82, 2.24) is 20.5 Å². The van der Waals surface area contributed by atoms with Crippen molar-refractivity contribution in [2.24, 2.45) is 4.99 Å². The molecule has 0 aromatic carbocycles. The lowest BCUT2D eigenvalue weighted by atomic mass is 10.1. The maximum Gasteiger partial charge on any atom is 0.191 e. The first kappa shape index (κ1) is 19.2. The zero-order valence-electron chi connectivity index (χ0n) is 15.3. The molecular weight excluding hydrogens is 318 g/mol. The number of piperidine rings is 1. The highest BCUT2D eigenvalue weighted by molar-refractivity contribution is 7.09. The largest absolute Gasteiger partial charge is 0.357 e. The van der Waals surface area contributed by atoms with Gasteiger partial charge in [-0.2, -0.15) is 0 Å². The molecule has 2 heterocycles. The molecule has 0 saturated carbocycles. The number of rotatable bonds is 9. The summed E-state index contributed by atoms with van der Waals surface area (Å²) < 4.78 is 0. The van der Waals surface area contributed by atoms with Crippen molar-refractivity contribution >= 4 is 17.3 Å². The molecule has 24 heavy (non-hydrogen) atoms. The molecular formula is C18H33N5S. The van der Waals surface area contributed by atoms with Gasteiger partial charge in [0.15, 0.2) is 5.96 Å². The van der Waals surface area contributed by atoms with Crippen LogP contribution in [0.5, 0.6) is 0 Å². The van der Waals surface area contributed by atoms with Crippen molar-refractivity contribution in [3.8, 4) is 0 Å². The van der Waals surface area contributed by atoms with Crippen molar-refractivity contribution in [3.05, 3.63) is 16.1 Å². The molecule has 0 amide bonds. The van der Waals surface area contributed by atoms with Crippen LogP contribution in [0.3, 0.4) is 0 Å². The summed E-state index contributed by atoms with van der Waals surface area (Å²) in [6, 6.07) is 0. The molecule has 1 aromatic rings. The fourth-order valence-corrected chi connectivity index (χ4v) is 3.77. The van der Waals surface area contributed by atoms with E-state index in [9.17, 15) is 0 Å². The van der Waals surface area contributed by atoms with Crippen LogP contribution in [0.1, 0.15) is 49.7 Å². The molecule has 136 valence electrons. The first-order valence-electron chi connectivity index (χ1n) is 9.43. The minimum Gasteiger partial charge on any atom is -0.357 e. The predicted molar refractivity (Wildman–Crippen MR) is 104 cm³/mol. The standard InChI is InChI=1S/C18H33N5S/c1-3-19-18(21-11-14-23-12-7-4-8-13-23)20-10-6-5-9-17-22-16(2)15-24-17/h15H,3-14H2,1-2H3,(H2,19,20,21). The van der Waals surface area contributed by atoms with Crippen LogP contribution in [-0.4, -0.2) is 55.1 Å². The van der Waals surface area contributed by atoms with Crippen molar-refractivity contribution in [2.45, 2.75) is 52.4 Å². The van der Waals surface area contributed by atoms with Crippen LogP contribution in [-0.2, 0) is 6.42 Å². The molecule has 0 bridgehead atoms. The smallest absolute Gasteiger partial charge is 0.191 e. The summed E-state index contributed by atoms with van der Waals surface area (Å²) in [4.78, 5) is 11.8. The zero-order valence-corrected chi connectivity index (χ0v) is 16.1. The van der Waals surface area contributed by atoms with Gasteiger partial charge in [0.1, 0.15) is 0 Å². The summed E-state index contributed by atoms with van der Waals surface area (Å²) in [5, 5.41) is 10.2. The number of aromatic nitrogens is 1. The molecule has 1 aliphatic heterocycles. The molecule has 5 nitrogen and oxygen atoms in total. The Morgan fingerprint density at radius 2 is 2.08 bits per heavy atom. The summed E-state index contributed by atoms with van der Waals surface area (Å²) in [7, 11) is 0. The molecule has 0 spiro atoms. The van der Waals surface area contributed by atoms with E-state index >= 15 is 0 Å². The lowest BCUT2D eigenvalue weighted by Crippen LogP contribution is -2.42. The number of hydrogen-bond donors (Lipinski definition) is 2. The third kappa shape index (κ3) is 7.62. The number of hydrogen-bond acceptors (Lipinski definition) is 4. The summed E-state index contributed by atoms with van der Waals surface area (Å²) >= 11 is 1.77. The number of nitrogens with zero attached hydrogens (tertiary/aromatic N) is 3. The van der Waals surface area contributed by atoms with Crippen LogP contribution >= 0.6 is 11.3 Å². The maximum atomic E-state index is 4.69. The average Bonchev–Trinajstić information content (AvgIpc) is 3.01. The van der Waals surface area contributed by atoms with Gasteiger partial charge in [0.05, 0.1) is 5.01 Å². The van der Waals surface area contributed by atoms with Gasteiger partial charge in [-0.3, -0.25) is 4.99 Å². The van der Waals surface area contributed by atoms with Gasteiger partial charge in [0, 0.05) is 37.3 Å². The third-order valence-electron chi connectivity index (χ3n) is 4.25. The number of unbranched alkanes of at least 4 members (excludes halogenated alkanes) is 1. The van der Waals surface area contributed by atoms with E-state index in [1.54, 1.807) is 11.3 Å². The van der Waals surface area contributed by atoms with E-state index in [0.717, 1.165) is 57.1 Å². The van der Waals surface area contributed by atoms with E-state index in [-0.39, 0.29) is 0 Å². The average molecular weight is 352 g/mol. The highest BCUT2D eigenvalue weighted by atomic mass is 32.1. The second-order valence-electron chi connectivity index (χ2n) is 6.43. The lowest BCUT2D eigenvalue weighted by molar-refractivity contribution is 0.232. The van der Waals surface area contributed by atoms with E-state index in [1.807, 2.05) is 0 Å². The fraction of sp³-hybridized carbons (Fsp3) is 0.778. The van der Waals surface area contributed by atoms with Crippen LogP contribution in [0.4, 0.5) is 0 Å². The summed E-state index contributed by atoms with van der Waals surface area (Å²) in [6.45, 7) is 10.6. The molecule has 2 N–H and O–H groups in total. The molecule has 1 aromatic heterocycles. The number of likely N-dealkylation sites (tertiary alicyclic amines) is 1. The molecule has 0 unspecified atom stereocenters. The van der Waals surface area contributed by atoms with E-state index in [1.165, 1.54) is 37.4 Å². The molecule has 6 heteroatoms. The van der Waals surface area contributed by atoms with Crippen molar-refractivity contribution in [2.75, 3.05) is 39.3 Å². The maximum absolute atomic E-state index is 4.69. The molecule has 1 fully saturated rings. The minimum absolute atomic E-state index is 0.878. The number of guanidine groups is 1. The normalized spacial score (nSPS) is 16.3. The molecule has 1 saturated heterocycles. The van der Waals surface area contributed by atoms with Crippen molar-refractivity contribution in [1.29, 1.82) is 0 Å². The van der Waals surface area contributed by atoms with Gasteiger partial charge in [-0.25, -0.2) is 4.98 Å². The Morgan fingerprint density at radius 1 is 1.25 bits per heavy atom. The Bertz CT molecular complexity index is 480. The SMILES string of the molecule is CCNC(=NCCCCc1nc(C)cs1)NCCN1CCCCC1. The topological polar surface area (TPSA) is 52.6 Å². The van der Waals surface area contributed by atoms with Gasteiger partial charge in [0.2, 0.25) is 0 Å². The molecule has 0 atom stereocenters. The van der Waals surface area contributed by atoms with Crippen LogP contribution in [0.25, 0.3) is 0 Å². The quantitative estimate of drug-likeness (QED) is 0.408. The van der Waals surface area contributed by atoms with Crippen LogP contribution in [0.2, 0.25) is 0 Å². The van der Waals surface area contributed by atoms with Gasteiger partial charge in [-0.15, -0.1) is 11.3 Å². The van der Waals surface area contributed by atoms with Gasteiger partial charge >= 0.3 is 0 Å². The highest BCUT2D eigenvalue weighted by Crippen LogP contribution is 2.11. The van der Waals surface area contributed by atoms with E-state index in [4.69, 9.17) is 4.99 Å². The zero-order chi connectivity index (χ0) is 17.0. The van der Waals surface area contributed by atoms with Crippen molar-refractivity contribution < 1.29 is 0 Å². The van der Waals surface area contributed by atoms with E-state index in [0.29, 0.717) is 0 Å². The van der Waals surface area contributed by atoms with Crippen LogP contribution in [0, 0.1) is 6.92 Å². The second-order valence-corrected chi connectivity index (χ2v) is 7.37. The van der Waals surface area contributed by atoms with E-state index < -0.39 is 0 Å². The van der Waals surface area contributed by atoms with Gasteiger partial charge < -0.3 is 15.5 Å². The lowest BCUT2D eigenvalue weighted by Gasteiger charge is -2.26. The number of aliphatic imine (C=N–C) groups is 1. The Balaban J connectivity index is 1.60. The highest BCUT2D eigenvalue weighted by Gasteiger charge is 2.09. The Labute approximate surface area is 151 Å². The fourth-order valence-electron chi connectivity index (χ4n) is 2.95. The van der Waals surface area contributed by atoms with E-state index in [2.05, 4.69) is 39.7 Å². The van der Waals surface area contributed by atoms with Crippen LogP contribution in [0.15, 0.2) is 10.4 Å². The molecule has 2 rings (SSSR count). The second kappa shape index (κ2) is 11.4. The summed E-state index contributed by atoms with van der Waals surface area (Å²) in [5.74, 6) is 0.958. The molecule has 0 radical (unpaired) electrons. The number of thiazole rings is 1. The third-order valence-corrected chi connectivity index (χ3v) is 5.28. The Morgan fingerprint density at radius 3 is 2.79 bits per heavy atom. The van der Waals surface area contributed by atoms with Gasteiger partial charge in [0.25, 0.3) is 0 Å². The predicted octanol–water partition coefficient (Wildman–Crippen LogP) is 2.82. The summed E-state index contributed by atoms with van der Waals surface area (Å²) in [5.41, 5.74) is 1.14. The van der Waals surface area contributed by atoms with Crippen molar-refractivity contribution in [3.63, 3.8) is 0 Å². The Kier molecular flexibility index (Phi) is 9.13. The van der Waals surface area contributed by atoms with Gasteiger partial charge in [-0.1, -0.05) is 6.42 Å². The monoisotopic (exact) mass is 351 g/mol. The molecule has 1 aliphatic rings. The minimum atomic E-state index is 0.878. The first-order chi connectivity index (χ1) is 11.8. The number of aryl methyl sites for hydroxylation is 2. The molecule has 0 aliphatic carbocycles. The van der Waals surface area contributed by atoms with Crippen LogP contribution < -0.4 is 10.6 Å². The number of nitrogens with one attached hydrogen (secondary N) is 2. The first-order valence-corrected chi connectivity index (χ1v) is 10.3.